The minimum Gasteiger partial charge on any atom is -0.494 e. The van der Waals surface area contributed by atoms with E-state index in [1.165, 1.54) is 7.11 Å². The summed E-state index contributed by atoms with van der Waals surface area (Å²) in [4.78, 5) is 43.0. The van der Waals surface area contributed by atoms with Crippen molar-refractivity contribution in [3.05, 3.63) is 94.5 Å². The average Bonchev–Trinajstić information content (AvgIpc) is 3.36. The van der Waals surface area contributed by atoms with Gasteiger partial charge < -0.3 is 19.7 Å². The third-order valence-corrected chi connectivity index (χ3v) is 7.77. The Morgan fingerprint density at radius 2 is 1.67 bits per heavy atom. The van der Waals surface area contributed by atoms with Gasteiger partial charge in [-0.25, -0.2) is 15.3 Å². The van der Waals surface area contributed by atoms with E-state index < -0.39 is 5.97 Å². The number of aromatic hydroxyl groups is 1. The highest BCUT2D eigenvalue weighted by atomic mass is 16.7. The Hall–Kier alpha value is -4.51. The first kappa shape index (κ1) is 30.0. The summed E-state index contributed by atoms with van der Waals surface area (Å²) in [6, 6.07) is 19.9. The zero-order valence-electron chi connectivity index (χ0n) is 24.7. The Labute approximate surface area is 250 Å². The second-order valence-corrected chi connectivity index (χ2v) is 10.5. The Morgan fingerprint density at radius 3 is 2.35 bits per heavy atom. The maximum Gasteiger partial charge on any atom is 0.338 e. The fourth-order valence-corrected chi connectivity index (χ4v) is 5.26. The van der Waals surface area contributed by atoms with E-state index in [-0.39, 0.29) is 11.8 Å². The largest absolute Gasteiger partial charge is 0.494 e. The van der Waals surface area contributed by atoms with Crippen LogP contribution in [-0.2, 0) is 9.57 Å². The second kappa shape index (κ2) is 13.6. The number of methoxy groups -OCH3 is 1. The van der Waals surface area contributed by atoms with E-state index in [0.717, 1.165) is 44.8 Å². The van der Waals surface area contributed by atoms with Crippen LogP contribution in [0, 0.1) is 6.92 Å². The van der Waals surface area contributed by atoms with Crippen molar-refractivity contribution in [2.24, 2.45) is 4.99 Å². The molecule has 3 aromatic carbocycles. The van der Waals surface area contributed by atoms with Crippen molar-refractivity contribution >= 4 is 34.2 Å². The number of amides is 1. The number of aryl methyl sites for hydroxylation is 1. The van der Waals surface area contributed by atoms with Crippen molar-refractivity contribution < 1.29 is 24.3 Å². The topological polar surface area (TPSA) is 119 Å². The third kappa shape index (κ3) is 6.94. The molecule has 1 aromatic heterocycles. The van der Waals surface area contributed by atoms with Crippen molar-refractivity contribution in [3.63, 3.8) is 0 Å². The van der Waals surface area contributed by atoms with Crippen molar-refractivity contribution in [1.29, 1.82) is 0 Å². The zero-order chi connectivity index (χ0) is 30.3. The van der Waals surface area contributed by atoms with Crippen molar-refractivity contribution in [2.45, 2.75) is 13.8 Å². The Kier molecular flexibility index (Phi) is 9.51. The summed E-state index contributed by atoms with van der Waals surface area (Å²) in [5.74, 6) is -0.854. The van der Waals surface area contributed by atoms with E-state index >= 15 is 0 Å². The molecule has 43 heavy (non-hydrogen) atoms. The van der Waals surface area contributed by atoms with E-state index in [0.29, 0.717) is 51.2 Å². The molecule has 10 nitrogen and oxygen atoms in total. The molecule has 3 N–H and O–H groups in total. The molecular weight excluding hydrogens is 546 g/mol. The Morgan fingerprint density at radius 1 is 0.977 bits per heavy atom. The van der Waals surface area contributed by atoms with Gasteiger partial charge in [0, 0.05) is 54.8 Å². The van der Waals surface area contributed by atoms with Gasteiger partial charge in [0.1, 0.15) is 0 Å². The molecule has 1 aliphatic rings. The second-order valence-electron chi connectivity index (χ2n) is 10.5. The predicted molar refractivity (Wildman–Crippen MR) is 166 cm³/mol. The maximum absolute atomic E-state index is 12.7. The van der Waals surface area contributed by atoms with Gasteiger partial charge in [-0.3, -0.25) is 14.5 Å². The number of ether oxygens (including phenoxy) is 1. The molecule has 0 spiro atoms. The van der Waals surface area contributed by atoms with Gasteiger partial charge in [-0.05, 0) is 55.4 Å². The number of hydrogen-bond acceptors (Lipinski definition) is 8. The lowest BCUT2D eigenvalue weighted by Gasteiger charge is -2.33. The molecule has 1 amide bonds. The molecule has 2 heterocycles. The summed E-state index contributed by atoms with van der Waals surface area (Å²) in [5.41, 5.74) is 7.11. The molecule has 0 unspecified atom stereocenters. The number of piperazine rings is 1. The number of likely N-dealkylation sites (N-methyl/N-ethyl adjacent to an activating group) is 1. The lowest BCUT2D eigenvalue weighted by Crippen LogP contribution is -2.47. The van der Waals surface area contributed by atoms with Crippen LogP contribution in [0.2, 0.25) is 0 Å². The van der Waals surface area contributed by atoms with Gasteiger partial charge in [0.25, 0.3) is 5.91 Å². The molecule has 0 saturated carbocycles. The summed E-state index contributed by atoms with van der Waals surface area (Å²) >= 11 is 0. The fraction of sp³-hybridized carbons (Fsp3) is 0.303. The first-order valence-corrected chi connectivity index (χ1v) is 14.4. The van der Waals surface area contributed by atoms with Gasteiger partial charge in [-0.2, -0.15) is 0 Å². The molecule has 224 valence electrons. The number of fused-ring (bicyclic) bond motifs is 1. The maximum atomic E-state index is 12.7. The molecule has 0 atom stereocenters. The monoisotopic (exact) mass is 583 g/mol. The quantitative estimate of drug-likeness (QED) is 0.109. The normalized spacial score (nSPS) is 14.6. The van der Waals surface area contributed by atoms with Gasteiger partial charge in [0.05, 0.1) is 36.2 Å². The number of rotatable bonds is 10. The average molecular weight is 584 g/mol. The van der Waals surface area contributed by atoms with Crippen LogP contribution in [-0.4, -0.2) is 90.5 Å². The van der Waals surface area contributed by atoms with E-state index in [2.05, 4.69) is 27.2 Å². The zero-order valence-corrected chi connectivity index (χ0v) is 24.7. The lowest BCUT2D eigenvalue weighted by atomic mass is 9.98. The lowest BCUT2D eigenvalue weighted by molar-refractivity contribution is 0.0168. The molecule has 10 heteroatoms. The minimum absolute atomic E-state index is 0.0700. The number of H-pyrrole nitrogens is 1. The number of benzene rings is 3. The van der Waals surface area contributed by atoms with Gasteiger partial charge in [0.2, 0.25) is 0 Å². The molecule has 0 radical (unpaired) electrons. The number of hydrogen-bond donors (Lipinski definition) is 3. The van der Waals surface area contributed by atoms with Crippen LogP contribution in [0.5, 0.6) is 5.88 Å². The van der Waals surface area contributed by atoms with Crippen molar-refractivity contribution in [1.82, 2.24) is 20.3 Å². The summed E-state index contributed by atoms with van der Waals surface area (Å²) in [6.07, 6.45) is 0. The van der Waals surface area contributed by atoms with Crippen LogP contribution in [0.4, 0.5) is 5.69 Å². The predicted octanol–water partition coefficient (Wildman–Crippen LogP) is 4.44. The number of aromatic amines is 1. The van der Waals surface area contributed by atoms with Crippen LogP contribution in [0.15, 0.2) is 71.7 Å². The Bertz CT molecular complexity index is 1610. The molecular formula is C33H37N5O5. The first-order chi connectivity index (χ1) is 20.9. The summed E-state index contributed by atoms with van der Waals surface area (Å²) in [6.45, 7) is 10.4. The van der Waals surface area contributed by atoms with Crippen LogP contribution >= 0.6 is 0 Å². The van der Waals surface area contributed by atoms with Crippen molar-refractivity contribution in [3.8, 4) is 5.88 Å². The first-order valence-electron chi connectivity index (χ1n) is 14.4. The summed E-state index contributed by atoms with van der Waals surface area (Å²) < 4.78 is 4.91. The number of hydroxylamine groups is 1. The van der Waals surface area contributed by atoms with Crippen LogP contribution in [0.25, 0.3) is 10.9 Å². The fourth-order valence-electron chi connectivity index (χ4n) is 5.26. The van der Waals surface area contributed by atoms with Gasteiger partial charge in [-0.1, -0.05) is 37.3 Å². The molecule has 1 aliphatic heterocycles. The van der Waals surface area contributed by atoms with Gasteiger partial charge >= 0.3 is 5.97 Å². The molecule has 0 bridgehead atoms. The van der Waals surface area contributed by atoms with E-state index in [9.17, 15) is 14.7 Å². The van der Waals surface area contributed by atoms with E-state index in [1.807, 2.05) is 43.3 Å². The number of nitrogens with one attached hydrogen (secondary N) is 2. The standard InChI is InChI=1S/C33H37N5O5/c1-4-37-14-16-38(17-15-37)18-19-43-36-31(39)24-10-12-25(13-11-24)34-30(23-8-6-5-7-9-23)29-27-20-22(2)26(33(41)42-3)21-28(27)35-32(29)40/h5-13,20-21,35,40H,4,14-19H2,1-3H3,(H,36,39). The SMILES string of the molecule is CCN1CCN(CCONC(=O)c2ccc(N=C(c3ccccc3)c3c(O)[nH]c4cc(C(=O)OC)c(C)cc34)cc2)CC1. The third-order valence-electron chi connectivity index (χ3n) is 7.77. The molecule has 4 aromatic rings. The van der Waals surface area contributed by atoms with Crippen LogP contribution < -0.4 is 5.48 Å². The highest BCUT2D eigenvalue weighted by Gasteiger charge is 2.21. The highest BCUT2D eigenvalue weighted by Crippen LogP contribution is 2.33. The molecule has 1 fully saturated rings. The number of esters is 1. The number of aliphatic imine (C=N–C) groups is 1. The van der Waals surface area contributed by atoms with Gasteiger partial charge in [0.15, 0.2) is 5.88 Å². The summed E-state index contributed by atoms with van der Waals surface area (Å²) in [5, 5.41) is 11.7. The number of nitrogens with zero attached hydrogens (tertiary/aromatic N) is 3. The van der Waals surface area contributed by atoms with Crippen molar-refractivity contribution in [2.75, 3.05) is 53.0 Å². The number of carbonyl (C=O) groups is 2. The summed E-state index contributed by atoms with van der Waals surface area (Å²) in [7, 11) is 1.34. The molecule has 0 aliphatic carbocycles. The highest BCUT2D eigenvalue weighted by molar-refractivity contribution is 6.22. The van der Waals surface area contributed by atoms with Crippen LogP contribution in [0.1, 0.15) is 44.3 Å². The Balaban J connectivity index is 1.33. The minimum atomic E-state index is -0.452. The smallest absolute Gasteiger partial charge is 0.338 e. The van der Waals surface area contributed by atoms with Gasteiger partial charge in [-0.15, -0.1) is 0 Å². The number of carbonyl (C=O) groups excluding carboxylic acids is 2. The molecule has 5 rings (SSSR count). The molecule has 1 saturated heterocycles. The number of aromatic nitrogens is 1. The van der Waals surface area contributed by atoms with E-state index in [1.54, 1.807) is 30.3 Å². The van der Waals surface area contributed by atoms with E-state index in [4.69, 9.17) is 14.6 Å². The van der Waals surface area contributed by atoms with Crippen LogP contribution in [0.3, 0.4) is 0 Å².